The SMILES string of the molecule is CC[C@H]1C[C@H]2C[C@H]3c4c(c5cc(OC(=O)NCCN(C)C)ccc5n4C(=O)CN4CCOCC4)CCN(C2)C13. The molecule has 1 saturated carbocycles. The van der Waals surface area contributed by atoms with Crippen molar-refractivity contribution in [2.24, 2.45) is 11.8 Å². The number of carbonyl (C=O) groups excluding carboxylic acids is 2. The van der Waals surface area contributed by atoms with Crippen molar-refractivity contribution < 1.29 is 19.1 Å². The van der Waals surface area contributed by atoms with Crippen molar-refractivity contribution in [2.75, 3.05) is 73.1 Å². The van der Waals surface area contributed by atoms with E-state index in [-0.39, 0.29) is 5.91 Å². The maximum Gasteiger partial charge on any atom is 0.412 e. The van der Waals surface area contributed by atoms with Crippen molar-refractivity contribution in [1.82, 2.24) is 24.6 Å². The molecule has 7 rings (SSSR count). The third-order valence-corrected chi connectivity index (χ3v) is 9.39. The minimum atomic E-state index is -0.449. The summed E-state index contributed by atoms with van der Waals surface area (Å²) in [5.41, 5.74) is 3.45. The minimum Gasteiger partial charge on any atom is -0.410 e. The Morgan fingerprint density at radius 2 is 1.97 bits per heavy atom. The zero-order chi connectivity index (χ0) is 27.1. The van der Waals surface area contributed by atoms with E-state index in [1.807, 2.05) is 37.2 Å². The molecule has 4 fully saturated rings. The van der Waals surface area contributed by atoms with Crippen LogP contribution in [0.25, 0.3) is 10.9 Å². The molecule has 5 heterocycles. The number of nitrogens with zero attached hydrogens (tertiary/aromatic N) is 4. The van der Waals surface area contributed by atoms with Gasteiger partial charge in [-0.25, -0.2) is 4.79 Å². The lowest BCUT2D eigenvalue weighted by molar-refractivity contribution is -0.0141. The van der Waals surface area contributed by atoms with Crippen LogP contribution in [0.3, 0.4) is 0 Å². The second-order valence-electron chi connectivity index (χ2n) is 12.1. The molecule has 39 heavy (non-hydrogen) atoms. The molecular weight excluding hydrogens is 494 g/mol. The standard InChI is InChI=1S/C30H43N5O4/c1-4-21-15-20-16-25-28(21)34(18-20)9-7-23-24-17-22(39-30(37)31-8-10-32(2)3)5-6-26(24)35(29(23)25)27(36)19-33-11-13-38-14-12-33/h5-6,17,20-21,25,28H,4,7-16,18-19H2,1-3H3,(H,31,37)/t20-,21-,25+,28?/m0/s1. The maximum atomic E-state index is 14.1. The van der Waals surface area contributed by atoms with E-state index in [1.54, 1.807) is 0 Å². The highest BCUT2D eigenvalue weighted by atomic mass is 16.6. The molecule has 1 N–H and O–H groups in total. The second-order valence-corrected chi connectivity index (χ2v) is 12.1. The van der Waals surface area contributed by atoms with Gasteiger partial charge in [0.2, 0.25) is 5.91 Å². The Kier molecular flexibility index (Phi) is 7.68. The number of fused-ring (bicyclic) bond motifs is 4. The highest BCUT2D eigenvalue weighted by molar-refractivity contribution is 5.98. The van der Waals surface area contributed by atoms with Gasteiger partial charge < -0.3 is 19.7 Å². The molecule has 1 aromatic heterocycles. The van der Waals surface area contributed by atoms with Gasteiger partial charge in [-0.15, -0.1) is 0 Å². The van der Waals surface area contributed by atoms with E-state index in [9.17, 15) is 9.59 Å². The number of ether oxygens (including phenoxy) is 2. The third kappa shape index (κ3) is 5.22. The van der Waals surface area contributed by atoms with Crippen molar-refractivity contribution >= 4 is 22.9 Å². The van der Waals surface area contributed by atoms with Crippen LogP contribution in [0, 0.1) is 11.8 Å². The molecule has 1 aromatic carbocycles. The van der Waals surface area contributed by atoms with Gasteiger partial charge in [0, 0.05) is 62.3 Å². The van der Waals surface area contributed by atoms with Crippen LogP contribution in [-0.2, 0) is 11.2 Å². The number of piperidine rings is 2. The van der Waals surface area contributed by atoms with Crippen LogP contribution in [0.2, 0.25) is 0 Å². The third-order valence-electron chi connectivity index (χ3n) is 9.39. The Morgan fingerprint density at radius 1 is 1.15 bits per heavy atom. The average Bonchev–Trinajstić information content (AvgIpc) is 3.19. The molecule has 1 aliphatic carbocycles. The van der Waals surface area contributed by atoms with Gasteiger partial charge in [-0.1, -0.05) is 13.3 Å². The summed E-state index contributed by atoms with van der Waals surface area (Å²) < 4.78 is 13.3. The molecule has 212 valence electrons. The monoisotopic (exact) mass is 537 g/mol. The molecule has 2 aromatic rings. The molecule has 5 aliphatic rings. The van der Waals surface area contributed by atoms with E-state index < -0.39 is 6.09 Å². The van der Waals surface area contributed by atoms with Crippen LogP contribution >= 0.6 is 0 Å². The number of hydrogen-bond acceptors (Lipinski definition) is 7. The van der Waals surface area contributed by atoms with Crippen molar-refractivity contribution in [3.8, 4) is 5.75 Å². The van der Waals surface area contributed by atoms with Crippen molar-refractivity contribution in [3.63, 3.8) is 0 Å². The molecule has 2 unspecified atom stereocenters. The first kappa shape index (κ1) is 26.7. The van der Waals surface area contributed by atoms with Gasteiger partial charge in [-0.05, 0) is 69.0 Å². The summed E-state index contributed by atoms with van der Waals surface area (Å²) >= 11 is 0. The predicted molar refractivity (Wildman–Crippen MR) is 151 cm³/mol. The van der Waals surface area contributed by atoms with Gasteiger partial charge in [0.05, 0.1) is 25.3 Å². The molecule has 3 saturated heterocycles. The molecular formula is C30H43N5O4. The van der Waals surface area contributed by atoms with Crippen LogP contribution in [-0.4, -0.2) is 110 Å². The molecule has 1 amide bonds. The fraction of sp³-hybridized carbons (Fsp3) is 0.667. The highest BCUT2D eigenvalue weighted by Crippen LogP contribution is 2.52. The van der Waals surface area contributed by atoms with Crippen LogP contribution in [0.4, 0.5) is 4.79 Å². The first-order valence-corrected chi connectivity index (χ1v) is 14.8. The number of benzene rings is 1. The van der Waals surface area contributed by atoms with Crippen molar-refractivity contribution in [3.05, 3.63) is 29.5 Å². The topological polar surface area (TPSA) is 79.3 Å². The summed E-state index contributed by atoms with van der Waals surface area (Å²) in [6, 6.07) is 6.30. The van der Waals surface area contributed by atoms with E-state index >= 15 is 0 Å². The lowest BCUT2D eigenvalue weighted by atomic mass is 9.65. The average molecular weight is 538 g/mol. The number of aromatic nitrogens is 1. The summed E-state index contributed by atoms with van der Waals surface area (Å²) in [4.78, 5) is 33.5. The second kappa shape index (κ2) is 11.2. The van der Waals surface area contributed by atoms with Gasteiger partial charge >= 0.3 is 6.09 Å². The normalized spacial score (nSPS) is 28.4. The summed E-state index contributed by atoms with van der Waals surface area (Å²) in [5, 5.41) is 3.88. The number of nitrogens with one attached hydrogen (secondary N) is 1. The zero-order valence-corrected chi connectivity index (χ0v) is 23.7. The summed E-state index contributed by atoms with van der Waals surface area (Å²) in [6.45, 7) is 9.12. The zero-order valence-electron chi connectivity index (χ0n) is 23.7. The largest absolute Gasteiger partial charge is 0.412 e. The van der Waals surface area contributed by atoms with Crippen molar-refractivity contribution in [2.45, 2.75) is 44.6 Å². The highest BCUT2D eigenvalue weighted by Gasteiger charge is 2.49. The number of rotatable bonds is 7. The van der Waals surface area contributed by atoms with Crippen molar-refractivity contribution in [1.29, 1.82) is 0 Å². The Bertz CT molecular complexity index is 1220. The van der Waals surface area contributed by atoms with E-state index in [2.05, 4.69) is 26.6 Å². The predicted octanol–water partition coefficient (Wildman–Crippen LogP) is 3.02. The van der Waals surface area contributed by atoms with E-state index in [0.29, 0.717) is 55.8 Å². The molecule has 4 bridgehead atoms. The minimum absolute atomic E-state index is 0.140. The number of morpholine rings is 1. The van der Waals surface area contributed by atoms with Gasteiger partial charge in [-0.2, -0.15) is 0 Å². The van der Waals surface area contributed by atoms with Gasteiger partial charge in [0.15, 0.2) is 0 Å². The summed E-state index contributed by atoms with van der Waals surface area (Å²) in [6.07, 6.45) is 4.12. The molecule has 9 nitrogen and oxygen atoms in total. The lowest BCUT2D eigenvalue weighted by Gasteiger charge is -2.53. The number of hydrogen-bond donors (Lipinski definition) is 1. The van der Waals surface area contributed by atoms with E-state index in [1.165, 1.54) is 30.6 Å². The number of carbonyl (C=O) groups is 2. The molecule has 9 heteroatoms. The Morgan fingerprint density at radius 3 is 2.74 bits per heavy atom. The number of likely N-dealkylation sites (N-methyl/N-ethyl adjacent to an activating group) is 1. The molecule has 5 atom stereocenters. The van der Waals surface area contributed by atoms with E-state index in [0.717, 1.165) is 49.9 Å². The molecule has 0 radical (unpaired) electrons. The lowest BCUT2D eigenvalue weighted by Crippen LogP contribution is -2.56. The van der Waals surface area contributed by atoms with Crippen LogP contribution in [0.1, 0.15) is 48.2 Å². The Balaban J connectivity index is 1.37. The van der Waals surface area contributed by atoms with Crippen LogP contribution < -0.4 is 10.1 Å². The molecule has 4 aliphatic heterocycles. The van der Waals surface area contributed by atoms with E-state index in [4.69, 9.17) is 9.47 Å². The smallest absolute Gasteiger partial charge is 0.410 e. The van der Waals surface area contributed by atoms with Gasteiger partial charge in [-0.3, -0.25) is 19.2 Å². The first-order valence-electron chi connectivity index (χ1n) is 14.8. The first-order chi connectivity index (χ1) is 18.9. The Labute approximate surface area is 231 Å². The summed E-state index contributed by atoms with van der Waals surface area (Å²) in [5.74, 6) is 2.40. The number of amides is 1. The van der Waals surface area contributed by atoms with Gasteiger partial charge in [0.1, 0.15) is 5.75 Å². The Hall–Kier alpha value is -2.46. The fourth-order valence-corrected chi connectivity index (χ4v) is 7.71. The van der Waals surface area contributed by atoms with Crippen LogP contribution in [0.15, 0.2) is 18.2 Å². The molecule has 0 spiro atoms. The summed E-state index contributed by atoms with van der Waals surface area (Å²) in [7, 11) is 3.94. The maximum absolute atomic E-state index is 14.1. The van der Waals surface area contributed by atoms with Gasteiger partial charge in [0.25, 0.3) is 0 Å². The van der Waals surface area contributed by atoms with Crippen LogP contribution in [0.5, 0.6) is 5.75 Å². The fourth-order valence-electron chi connectivity index (χ4n) is 7.71. The quantitative estimate of drug-likeness (QED) is 0.582.